The summed E-state index contributed by atoms with van der Waals surface area (Å²) in [5, 5.41) is 9.20. The Kier molecular flexibility index (Phi) is 3.99. The second kappa shape index (κ2) is 5.50. The molecule has 18 heavy (non-hydrogen) atoms. The largest absolute Gasteiger partial charge is 0.395 e. The van der Waals surface area contributed by atoms with Crippen LogP contribution >= 0.6 is 0 Å². The zero-order chi connectivity index (χ0) is 13.1. The van der Waals surface area contributed by atoms with Crippen LogP contribution in [0.15, 0.2) is 18.2 Å². The molecule has 1 heterocycles. The molecule has 4 nitrogen and oxygen atoms in total. The quantitative estimate of drug-likeness (QED) is 0.850. The molecule has 3 N–H and O–H groups in total. The molecule has 1 unspecified atom stereocenters. The fraction of sp³-hybridized carbons (Fsp3) is 0.500. The standard InChI is InChI=1S/C14H21N3O/c1-3-4-11(15)14-16-12-9-10(2)5-6-13(12)17(14)7-8-18/h5-6,9,11,18H,3-4,7-8,15H2,1-2H3. The number of aromatic nitrogens is 2. The van der Waals surface area contributed by atoms with E-state index in [0.717, 1.165) is 29.7 Å². The molecule has 98 valence electrons. The van der Waals surface area contributed by atoms with E-state index >= 15 is 0 Å². The summed E-state index contributed by atoms with van der Waals surface area (Å²) in [5.41, 5.74) is 9.38. The number of rotatable bonds is 5. The van der Waals surface area contributed by atoms with Gasteiger partial charge in [-0.3, -0.25) is 0 Å². The normalized spacial score (nSPS) is 13.1. The fourth-order valence-corrected chi connectivity index (χ4v) is 2.32. The molecular weight excluding hydrogens is 226 g/mol. The minimum absolute atomic E-state index is 0.0609. The van der Waals surface area contributed by atoms with Crippen LogP contribution < -0.4 is 5.73 Å². The highest BCUT2D eigenvalue weighted by Crippen LogP contribution is 2.23. The number of nitrogens with two attached hydrogens (primary N) is 1. The molecule has 0 saturated carbocycles. The Morgan fingerprint density at radius 1 is 1.44 bits per heavy atom. The van der Waals surface area contributed by atoms with Crippen molar-refractivity contribution in [1.82, 2.24) is 9.55 Å². The number of hydrogen-bond acceptors (Lipinski definition) is 3. The predicted octanol–water partition coefficient (Wildman–Crippen LogP) is 2.14. The maximum atomic E-state index is 9.20. The van der Waals surface area contributed by atoms with Gasteiger partial charge in [0, 0.05) is 6.54 Å². The molecule has 1 atom stereocenters. The Labute approximate surface area is 107 Å². The smallest absolute Gasteiger partial charge is 0.126 e. The summed E-state index contributed by atoms with van der Waals surface area (Å²) in [7, 11) is 0. The maximum absolute atomic E-state index is 9.20. The van der Waals surface area contributed by atoms with Crippen LogP contribution in [0.1, 0.15) is 37.2 Å². The summed E-state index contributed by atoms with van der Waals surface area (Å²) in [6.07, 6.45) is 1.94. The number of nitrogens with zero attached hydrogens (tertiary/aromatic N) is 2. The van der Waals surface area contributed by atoms with Crippen LogP contribution in [-0.4, -0.2) is 21.3 Å². The lowest BCUT2D eigenvalue weighted by Crippen LogP contribution is -2.17. The Morgan fingerprint density at radius 3 is 2.89 bits per heavy atom. The van der Waals surface area contributed by atoms with Crippen LogP contribution in [-0.2, 0) is 6.54 Å². The van der Waals surface area contributed by atoms with E-state index in [9.17, 15) is 5.11 Å². The van der Waals surface area contributed by atoms with Crippen molar-refractivity contribution in [1.29, 1.82) is 0 Å². The summed E-state index contributed by atoms with van der Waals surface area (Å²) < 4.78 is 2.04. The van der Waals surface area contributed by atoms with Gasteiger partial charge in [0.05, 0.1) is 23.7 Å². The second-order valence-corrected chi connectivity index (χ2v) is 4.73. The molecule has 2 rings (SSSR count). The lowest BCUT2D eigenvalue weighted by atomic mass is 10.2. The minimum Gasteiger partial charge on any atom is -0.395 e. The first-order chi connectivity index (χ1) is 8.67. The van der Waals surface area contributed by atoms with Crippen LogP contribution in [0.5, 0.6) is 0 Å². The van der Waals surface area contributed by atoms with E-state index in [2.05, 4.69) is 37.0 Å². The highest BCUT2D eigenvalue weighted by Gasteiger charge is 2.16. The van der Waals surface area contributed by atoms with Gasteiger partial charge in [-0.15, -0.1) is 0 Å². The number of aliphatic hydroxyl groups excluding tert-OH is 1. The minimum atomic E-state index is -0.0609. The van der Waals surface area contributed by atoms with E-state index in [4.69, 9.17) is 5.73 Å². The van der Waals surface area contributed by atoms with Crippen molar-refractivity contribution in [2.75, 3.05) is 6.61 Å². The summed E-state index contributed by atoms with van der Waals surface area (Å²) in [5.74, 6) is 0.881. The first kappa shape index (κ1) is 13.1. The highest BCUT2D eigenvalue weighted by molar-refractivity contribution is 5.77. The van der Waals surface area contributed by atoms with Gasteiger partial charge in [0.1, 0.15) is 5.82 Å². The van der Waals surface area contributed by atoms with E-state index in [0.29, 0.717) is 6.54 Å². The molecule has 0 aliphatic heterocycles. The lowest BCUT2D eigenvalue weighted by molar-refractivity contribution is 0.274. The molecule has 0 bridgehead atoms. The van der Waals surface area contributed by atoms with Crippen LogP contribution in [0.3, 0.4) is 0 Å². The Hall–Kier alpha value is -1.39. The van der Waals surface area contributed by atoms with Gasteiger partial charge in [0.25, 0.3) is 0 Å². The van der Waals surface area contributed by atoms with Crippen molar-refractivity contribution in [3.8, 4) is 0 Å². The van der Waals surface area contributed by atoms with Crippen LogP contribution in [0, 0.1) is 6.92 Å². The average Bonchev–Trinajstić information content (AvgIpc) is 2.68. The first-order valence-corrected chi connectivity index (χ1v) is 6.50. The summed E-state index contributed by atoms with van der Waals surface area (Å²) in [4.78, 5) is 4.64. The van der Waals surface area contributed by atoms with Gasteiger partial charge < -0.3 is 15.4 Å². The molecule has 0 aliphatic rings. The number of aryl methyl sites for hydroxylation is 1. The monoisotopic (exact) mass is 247 g/mol. The molecular formula is C14H21N3O. The van der Waals surface area contributed by atoms with Gasteiger partial charge in [-0.05, 0) is 31.0 Å². The molecule has 0 amide bonds. The van der Waals surface area contributed by atoms with Crippen LogP contribution in [0.2, 0.25) is 0 Å². The Balaban J connectivity index is 2.53. The van der Waals surface area contributed by atoms with Crippen molar-refractivity contribution in [3.05, 3.63) is 29.6 Å². The number of imidazole rings is 1. The predicted molar refractivity (Wildman–Crippen MR) is 73.4 cm³/mol. The van der Waals surface area contributed by atoms with E-state index in [1.807, 2.05) is 4.57 Å². The van der Waals surface area contributed by atoms with Gasteiger partial charge in [-0.25, -0.2) is 4.98 Å². The number of fused-ring (bicyclic) bond motifs is 1. The van der Waals surface area contributed by atoms with Crippen LogP contribution in [0.25, 0.3) is 11.0 Å². The van der Waals surface area contributed by atoms with E-state index in [1.165, 1.54) is 5.56 Å². The van der Waals surface area contributed by atoms with Crippen molar-refractivity contribution >= 4 is 11.0 Å². The molecule has 0 spiro atoms. The molecule has 4 heteroatoms. The summed E-state index contributed by atoms with van der Waals surface area (Å²) in [6.45, 7) is 4.82. The van der Waals surface area contributed by atoms with Gasteiger partial charge in [-0.1, -0.05) is 19.4 Å². The first-order valence-electron chi connectivity index (χ1n) is 6.50. The molecule has 0 radical (unpaired) electrons. The van der Waals surface area contributed by atoms with E-state index < -0.39 is 0 Å². The molecule has 1 aromatic carbocycles. The molecule has 0 fully saturated rings. The number of hydrogen-bond donors (Lipinski definition) is 2. The third-order valence-electron chi connectivity index (χ3n) is 3.19. The lowest BCUT2D eigenvalue weighted by Gasteiger charge is -2.13. The van der Waals surface area contributed by atoms with Gasteiger partial charge in [-0.2, -0.15) is 0 Å². The van der Waals surface area contributed by atoms with Crippen molar-refractivity contribution in [2.24, 2.45) is 5.73 Å². The maximum Gasteiger partial charge on any atom is 0.126 e. The van der Waals surface area contributed by atoms with E-state index in [-0.39, 0.29) is 12.6 Å². The third kappa shape index (κ3) is 2.40. The third-order valence-corrected chi connectivity index (χ3v) is 3.19. The van der Waals surface area contributed by atoms with Gasteiger partial charge >= 0.3 is 0 Å². The number of aliphatic hydroxyl groups is 1. The Morgan fingerprint density at radius 2 is 2.22 bits per heavy atom. The summed E-state index contributed by atoms with van der Waals surface area (Å²) in [6, 6.07) is 6.11. The topological polar surface area (TPSA) is 64.1 Å². The SMILES string of the molecule is CCCC(N)c1nc2cc(C)ccc2n1CCO. The zero-order valence-corrected chi connectivity index (χ0v) is 11.1. The molecule has 0 aliphatic carbocycles. The van der Waals surface area contributed by atoms with Crippen molar-refractivity contribution < 1.29 is 5.11 Å². The molecule has 1 aromatic heterocycles. The van der Waals surface area contributed by atoms with E-state index in [1.54, 1.807) is 0 Å². The zero-order valence-electron chi connectivity index (χ0n) is 11.1. The van der Waals surface area contributed by atoms with Gasteiger partial charge in [0.15, 0.2) is 0 Å². The van der Waals surface area contributed by atoms with Gasteiger partial charge in [0.2, 0.25) is 0 Å². The van der Waals surface area contributed by atoms with Crippen molar-refractivity contribution in [3.63, 3.8) is 0 Å². The fourth-order valence-electron chi connectivity index (χ4n) is 2.32. The Bertz CT molecular complexity index is 533. The van der Waals surface area contributed by atoms with Crippen molar-refractivity contribution in [2.45, 2.75) is 39.3 Å². The number of benzene rings is 1. The molecule has 2 aromatic rings. The van der Waals surface area contributed by atoms with Crippen LogP contribution in [0.4, 0.5) is 0 Å². The average molecular weight is 247 g/mol. The molecule has 0 saturated heterocycles. The second-order valence-electron chi connectivity index (χ2n) is 4.73. The summed E-state index contributed by atoms with van der Waals surface area (Å²) >= 11 is 0. The highest BCUT2D eigenvalue weighted by atomic mass is 16.3.